The SMILES string of the molecule is CC(C)[C@@H](C)[C@@]1(C)CC[C@]2(C)[C@H]3CC[C@@H]4[C@@]5(COC[C@@]4(C)[C@@H](OCC(C)(C(C)C)N(C)C)[C@H](n4cnc(Cl)n4)C5)C3=CC[C@@]2(C)[C@@H]1C(=O)O. The minimum atomic E-state index is -0.618. The van der Waals surface area contributed by atoms with Crippen LogP contribution in [-0.4, -0.2) is 76.3 Å². The summed E-state index contributed by atoms with van der Waals surface area (Å²) in [6, 6.07) is -0.0576. The summed E-state index contributed by atoms with van der Waals surface area (Å²) in [5.74, 6) is 0.817. The largest absolute Gasteiger partial charge is 0.481 e. The Hall–Kier alpha value is -1.48. The van der Waals surface area contributed by atoms with Crippen molar-refractivity contribution < 1.29 is 19.4 Å². The lowest BCUT2D eigenvalue weighted by Gasteiger charge is -2.71. The van der Waals surface area contributed by atoms with Crippen LogP contribution in [0.4, 0.5) is 0 Å². The van der Waals surface area contributed by atoms with Crippen molar-refractivity contribution in [3.8, 4) is 0 Å². The summed E-state index contributed by atoms with van der Waals surface area (Å²) in [6.07, 6.45) is 9.97. The Morgan fingerprint density at radius 2 is 1.82 bits per heavy atom. The van der Waals surface area contributed by atoms with Crippen LogP contribution in [0.3, 0.4) is 0 Å². The number of rotatable bonds is 9. The van der Waals surface area contributed by atoms with Gasteiger partial charge in [-0.2, -0.15) is 0 Å². The molecule has 9 heteroatoms. The number of allylic oxidation sites excluding steroid dienone is 1. The summed E-state index contributed by atoms with van der Waals surface area (Å²) in [4.78, 5) is 20.1. The molecule has 0 amide bonds. The molecule has 276 valence electrons. The molecule has 4 aliphatic carbocycles. The lowest BCUT2D eigenvalue weighted by molar-refractivity contribution is -0.255. The first kappa shape index (κ1) is 37.3. The van der Waals surface area contributed by atoms with E-state index in [-0.39, 0.29) is 50.0 Å². The van der Waals surface area contributed by atoms with Gasteiger partial charge in [0.25, 0.3) is 0 Å². The van der Waals surface area contributed by atoms with Crippen LogP contribution in [0.5, 0.6) is 0 Å². The number of carboxylic acid groups (broad SMARTS) is 1. The first-order valence-corrected chi connectivity index (χ1v) is 19.5. The van der Waals surface area contributed by atoms with E-state index >= 15 is 0 Å². The molecule has 0 spiro atoms. The van der Waals surface area contributed by atoms with Crippen molar-refractivity contribution in [3.63, 3.8) is 0 Å². The van der Waals surface area contributed by atoms with Crippen molar-refractivity contribution in [1.29, 1.82) is 0 Å². The molecule has 2 heterocycles. The van der Waals surface area contributed by atoms with E-state index in [0.29, 0.717) is 49.4 Å². The van der Waals surface area contributed by atoms with E-state index in [0.717, 1.165) is 38.5 Å². The Balaban J connectivity index is 1.44. The molecule has 1 unspecified atom stereocenters. The molecule has 3 saturated carbocycles. The van der Waals surface area contributed by atoms with Crippen LogP contribution in [0.2, 0.25) is 5.28 Å². The number of aliphatic carboxylic acids is 1. The van der Waals surface area contributed by atoms with Crippen LogP contribution in [0.15, 0.2) is 18.0 Å². The second-order valence-corrected chi connectivity index (χ2v) is 19.6. The van der Waals surface area contributed by atoms with Crippen LogP contribution in [0, 0.1) is 62.6 Å². The zero-order chi connectivity index (χ0) is 36.1. The fourth-order valence-electron chi connectivity index (χ4n) is 12.6. The van der Waals surface area contributed by atoms with Crippen LogP contribution >= 0.6 is 11.6 Å². The van der Waals surface area contributed by atoms with Crippen molar-refractivity contribution in [2.24, 2.45) is 62.6 Å². The predicted molar refractivity (Wildman–Crippen MR) is 194 cm³/mol. The third kappa shape index (κ3) is 5.17. The van der Waals surface area contributed by atoms with Gasteiger partial charge < -0.3 is 19.5 Å². The fourth-order valence-corrected chi connectivity index (χ4v) is 12.8. The van der Waals surface area contributed by atoms with E-state index in [2.05, 4.69) is 99.3 Å². The van der Waals surface area contributed by atoms with Gasteiger partial charge in [-0.1, -0.05) is 74.0 Å². The first-order chi connectivity index (χ1) is 22.7. The monoisotopic (exact) mass is 700 g/mol. The summed E-state index contributed by atoms with van der Waals surface area (Å²) in [5, 5.41) is 16.0. The van der Waals surface area contributed by atoms with E-state index in [1.54, 1.807) is 6.33 Å². The maximum Gasteiger partial charge on any atom is 0.307 e. The Kier molecular flexibility index (Phi) is 9.36. The molecule has 1 aliphatic heterocycles. The highest BCUT2D eigenvalue weighted by Gasteiger charge is 2.72. The van der Waals surface area contributed by atoms with E-state index in [4.69, 9.17) is 26.2 Å². The van der Waals surface area contributed by atoms with Gasteiger partial charge in [0.05, 0.1) is 37.9 Å². The molecule has 1 saturated heterocycles. The summed E-state index contributed by atoms with van der Waals surface area (Å²) < 4.78 is 15.9. The van der Waals surface area contributed by atoms with Gasteiger partial charge in [0, 0.05) is 16.4 Å². The molecule has 6 rings (SSSR count). The number of hydrogen-bond acceptors (Lipinski definition) is 6. The Bertz CT molecular complexity index is 1450. The number of hydrogen-bond donors (Lipinski definition) is 1. The number of halogens is 1. The molecule has 4 fully saturated rings. The molecule has 1 aromatic heterocycles. The average Bonchev–Trinajstić information content (AvgIpc) is 3.45. The number of aromatic nitrogens is 3. The van der Waals surface area contributed by atoms with Crippen LogP contribution < -0.4 is 0 Å². The standard InChI is InChI=1S/C40H65ClN4O4/c1-24(2)26(5)35(6)17-18-37(8)27-13-14-30-36(7)20-48-22-40(30,28(27)15-16-38(37,9)31(35)33(46)47)19-29(45-23-42-34(41)43-45)32(36)49-21-39(10,25(3)4)44(11)12/h15,23-27,29-32H,13-14,16-22H2,1-12H3,(H,46,47)/t26-,27+,29-,30+,31-,32+,35-,36-,37-,38+,39?,40+/m1/s1. The lowest BCUT2D eigenvalue weighted by atomic mass is 9.34. The highest BCUT2D eigenvalue weighted by Crippen LogP contribution is 2.75. The van der Waals surface area contributed by atoms with E-state index < -0.39 is 11.9 Å². The predicted octanol–water partition coefficient (Wildman–Crippen LogP) is 8.42. The Morgan fingerprint density at radius 1 is 1.12 bits per heavy atom. The van der Waals surface area contributed by atoms with Crippen molar-refractivity contribution >= 4 is 17.6 Å². The van der Waals surface area contributed by atoms with Gasteiger partial charge in [-0.15, -0.1) is 5.10 Å². The highest BCUT2D eigenvalue weighted by molar-refractivity contribution is 6.28. The van der Waals surface area contributed by atoms with E-state index in [1.165, 1.54) is 5.57 Å². The zero-order valence-corrected chi connectivity index (χ0v) is 33.2. The van der Waals surface area contributed by atoms with Crippen molar-refractivity contribution in [2.45, 2.75) is 125 Å². The minimum absolute atomic E-state index is 0.0576. The van der Waals surface area contributed by atoms with Gasteiger partial charge in [-0.25, -0.2) is 9.67 Å². The van der Waals surface area contributed by atoms with Gasteiger partial charge >= 0.3 is 5.97 Å². The molecule has 0 radical (unpaired) electrons. The molecular formula is C40H65ClN4O4. The molecule has 0 aromatic carbocycles. The summed E-state index contributed by atoms with van der Waals surface area (Å²) in [5.41, 5.74) is 0.207. The summed E-state index contributed by atoms with van der Waals surface area (Å²) in [7, 11) is 4.29. The number of carbonyl (C=O) groups is 1. The number of ether oxygens (including phenoxy) is 2. The molecule has 8 nitrogen and oxygen atoms in total. The van der Waals surface area contributed by atoms with Gasteiger partial charge in [-0.3, -0.25) is 4.79 Å². The number of fused-ring (bicyclic) bond motifs is 3. The van der Waals surface area contributed by atoms with Crippen molar-refractivity contribution in [2.75, 3.05) is 33.9 Å². The second kappa shape index (κ2) is 12.3. The minimum Gasteiger partial charge on any atom is -0.481 e. The van der Waals surface area contributed by atoms with Crippen LogP contribution in [0.25, 0.3) is 0 Å². The highest BCUT2D eigenvalue weighted by atomic mass is 35.5. The molecule has 49 heavy (non-hydrogen) atoms. The van der Waals surface area contributed by atoms with Gasteiger partial charge in [0.2, 0.25) is 5.28 Å². The maximum atomic E-state index is 13.5. The smallest absolute Gasteiger partial charge is 0.307 e. The average molecular weight is 701 g/mol. The third-order valence-corrected chi connectivity index (χ3v) is 16.9. The normalized spacial score (nSPS) is 43.8. The van der Waals surface area contributed by atoms with Crippen molar-refractivity contribution in [3.05, 3.63) is 23.3 Å². The number of nitrogens with zero attached hydrogens (tertiary/aromatic N) is 4. The zero-order valence-electron chi connectivity index (χ0n) is 32.5. The van der Waals surface area contributed by atoms with Crippen molar-refractivity contribution in [1.82, 2.24) is 19.7 Å². The van der Waals surface area contributed by atoms with E-state index in [1.807, 2.05) is 4.68 Å². The molecular weight excluding hydrogens is 636 g/mol. The second-order valence-electron chi connectivity index (χ2n) is 19.2. The Morgan fingerprint density at radius 3 is 2.39 bits per heavy atom. The molecule has 5 aliphatic rings. The van der Waals surface area contributed by atoms with Gasteiger partial charge in [-0.05, 0) is 117 Å². The lowest BCUT2D eigenvalue weighted by Crippen LogP contribution is -2.69. The summed E-state index contributed by atoms with van der Waals surface area (Å²) in [6.45, 7) is 25.0. The topological polar surface area (TPSA) is 89.7 Å². The fraction of sp³-hybridized carbons (Fsp3) is 0.875. The molecule has 1 aromatic rings. The molecule has 2 bridgehead atoms. The van der Waals surface area contributed by atoms with Crippen LogP contribution in [-0.2, 0) is 14.3 Å². The third-order valence-electron chi connectivity index (χ3n) is 16.7. The quantitative estimate of drug-likeness (QED) is 0.259. The number of likely N-dealkylation sites (N-methyl/N-ethyl adjacent to an activating group) is 1. The van der Waals surface area contributed by atoms with Crippen LogP contribution in [0.1, 0.15) is 114 Å². The molecule has 12 atom stereocenters. The van der Waals surface area contributed by atoms with Gasteiger partial charge in [0.1, 0.15) is 6.33 Å². The number of carboxylic acids is 1. The summed E-state index contributed by atoms with van der Waals surface area (Å²) >= 11 is 6.40. The molecule has 1 N–H and O–H groups in total. The Labute approximate surface area is 301 Å². The van der Waals surface area contributed by atoms with Gasteiger partial charge in [0.15, 0.2) is 0 Å². The van der Waals surface area contributed by atoms with E-state index in [9.17, 15) is 9.90 Å². The maximum absolute atomic E-state index is 13.5. The first-order valence-electron chi connectivity index (χ1n) is 19.1.